The molecule has 0 fully saturated rings. The Hall–Kier alpha value is -0.300. The monoisotopic (exact) mass is 99.1 g/mol. The molecule has 0 aliphatic carbocycles. The molecule has 0 rings (SSSR count). The van der Waals surface area contributed by atoms with Crippen LogP contribution in [0, 0.1) is 6.10 Å². The summed E-state index contributed by atoms with van der Waals surface area (Å²) in [6, 6.07) is 0. The molecule has 1 heteroatoms. The molecule has 0 saturated heterocycles. The quantitative estimate of drug-likeness (QED) is 0.490. The van der Waals surface area contributed by atoms with E-state index in [1.54, 1.807) is 6.08 Å². The third kappa shape index (κ3) is 5.70. The molecule has 0 unspecified atom stereocenters. The fourth-order valence-electron chi connectivity index (χ4n) is 0.226. The van der Waals surface area contributed by atoms with Crippen LogP contribution in [0.15, 0.2) is 12.7 Å². The van der Waals surface area contributed by atoms with E-state index in [1.807, 2.05) is 13.8 Å². The van der Waals surface area contributed by atoms with Crippen LogP contribution in [-0.2, 0) is 4.74 Å². The average Bonchev–Trinajstić information content (AvgIpc) is 1.61. The number of hydrogen-bond acceptors (Lipinski definition) is 1. The normalized spacial score (nSPS) is 9.57. The topological polar surface area (TPSA) is 9.23 Å². The summed E-state index contributed by atoms with van der Waals surface area (Å²) in [6.07, 6.45) is 2.72. The Morgan fingerprint density at radius 2 is 2.29 bits per heavy atom. The van der Waals surface area contributed by atoms with Gasteiger partial charge in [-0.2, -0.15) is 0 Å². The van der Waals surface area contributed by atoms with E-state index in [9.17, 15) is 0 Å². The molecule has 0 heterocycles. The molecule has 0 N–H and O–H groups in total. The molecule has 0 aliphatic heterocycles. The highest BCUT2D eigenvalue weighted by molar-refractivity contribution is 4.69. The lowest BCUT2D eigenvalue weighted by atomic mass is 10.5. The van der Waals surface area contributed by atoms with Crippen molar-refractivity contribution in [3.8, 4) is 0 Å². The van der Waals surface area contributed by atoms with Crippen LogP contribution in [0.3, 0.4) is 0 Å². The Morgan fingerprint density at radius 1 is 1.71 bits per heavy atom. The summed E-state index contributed by atoms with van der Waals surface area (Å²) < 4.78 is 4.99. The van der Waals surface area contributed by atoms with Gasteiger partial charge in [-0.05, 0) is 13.8 Å². The molecule has 41 valence electrons. The highest BCUT2D eigenvalue weighted by atomic mass is 16.5. The lowest BCUT2D eigenvalue weighted by Gasteiger charge is -1.99. The number of rotatable bonds is 3. The fraction of sp³-hybridized carbons (Fsp3) is 0.500. The molecule has 0 saturated carbocycles. The van der Waals surface area contributed by atoms with Crippen LogP contribution < -0.4 is 0 Å². The molecular weight excluding hydrogens is 88.1 g/mol. The third-order valence-electron chi connectivity index (χ3n) is 0.490. The van der Waals surface area contributed by atoms with Crippen LogP contribution in [0.2, 0.25) is 0 Å². The van der Waals surface area contributed by atoms with Gasteiger partial charge in [0.1, 0.15) is 0 Å². The zero-order chi connectivity index (χ0) is 5.70. The Balaban J connectivity index is 2.81. The van der Waals surface area contributed by atoms with Gasteiger partial charge in [0, 0.05) is 0 Å². The maximum Gasteiger partial charge on any atom is 0.0913 e. The summed E-state index contributed by atoms with van der Waals surface area (Å²) >= 11 is 0. The van der Waals surface area contributed by atoms with Crippen molar-refractivity contribution >= 4 is 0 Å². The minimum Gasteiger partial charge on any atom is -0.369 e. The summed E-state index contributed by atoms with van der Waals surface area (Å²) in [7, 11) is 0. The highest BCUT2D eigenvalue weighted by Gasteiger charge is 1.87. The summed E-state index contributed by atoms with van der Waals surface area (Å²) in [6.45, 7) is 7.96. The molecule has 0 amide bonds. The lowest BCUT2D eigenvalue weighted by molar-refractivity contribution is 0.186. The second-order valence-electron chi connectivity index (χ2n) is 1.51. The fourth-order valence-corrected chi connectivity index (χ4v) is 0.226. The van der Waals surface area contributed by atoms with Crippen molar-refractivity contribution in [2.24, 2.45) is 0 Å². The smallest absolute Gasteiger partial charge is 0.0913 e. The minimum absolute atomic E-state index is 0.627. The van der Waals surface area contributed by atoms with Gasteiger partial charge in [-0.25, -0.2) is 0 Å². The van der Waals surface area contributed by atoms with Gasteiger partial charge in [0.2, 0.25) is 0 Å². The first-order valence-corrected chi connectivity index (χ1v) is 2.31. The van der Waals surface area contributed by atoms with Crippen LogP contribution >= 0.6 is 0 Å². The Labute approximate surface area is 45.0 Å². The third-order valence-corrected chi connectivity index (χ3v) is 0.490. The maximum atomic E-state index is 4.99. The van der Waals surface area contributed by atoms with E-state index in [4.69, 9.17) is 4.74 Å². The van der Waals surface area contributed by atoms with Crippen LogP contribution in [0.1, 0.15) is 13.8 Å². The van der Waals surface area contributed by atoms with E-state index in [1.165, 1.54) is 0 Å². The molecule has 0 atom stereocenters. The van der Waals surface area contributed by atoms with Crippen LogP contribution in [0.5, 0.6) is 0 Å². The van der Waals surface area contributed by atoms with Crippen molar-refractivity contribution in [3.05, 3.63) is 18.8 Å². The Kier molecular flexibility index (Phi) is 3.71. The van der Waals surface area contributed by atoms with Crippen molar-refractivity contribution in [3.63, 3.8) is 0 Å². The zero-order valence-electron chi connectivity index (χ0n) is 4.90. The Morgan fingerprint density at radius 3 is 2.43 bits per heavy atom. The number of ether oxygens (including phenoxy) is 1. The van der Waals surface area contributed by atoms with E-state index in [0.29, 0.717) is 6.61 Å². The second-order valence-corrected chi connectivity index (χ2v) is 1.51. The van der Waals surface area contributed by atoms with Crippen molar-refractivity contribution < 1.29 is 4.74 Å². The van der Waals surface area contributed by atoms with Crippen LogP contribution in [-0.4, -0.2) is 6.61 Å². The first-order valence-electron chi connectivity index (χ1n) is 2.31. The molecule has 0 aromatic carbocycles. The molecule has 7 heavy (non-hydrogen) atoms. The summed E-state index contributed by atoms with van der Waals surface area (Å²) in [5.74, 6) is 0. The van der Waals surface area contributed by atoms with Gasteiger partial charge < -0.3 is 4.74 Å². The van der Waals surface area contributed by atoms with E-state index in [2.05, 4.69) is 6.58 Å². The van der Waals surface area contributed by atoms with E-state index < -0.39 is 0 Å². The summed E-state index contributed by atoms with van der Waals surface area (Å²) in [5, 5.41) is 0. The van der Waals surface area contributed by atoms with Gasteiger partial charge in [-0.1, -0.05) is 6.08 Å². The second kappa shape index (κ2) is 3.88. The first kappa shape index (κ1) is 6.70. The molecule has 0 aromatic heterocycles. The van der Waals surface area contributed by atoms with Crippen LogP contribution in [0.4, 0.5) is 0 Å². The van der Waals surface area contributed by atoms with E-state index in [0.717, 1.165) is 6.10 Å². The highest BCUT2D eigenvalue weighted by Crippen LogP contribution is 1.94. The predicted molar refractivity (Wildman–Crippen MR) is 30.7 cm³/mol. The Bertz CT molecular complexity index is 48.1. The molecule has 0 spiro atoms. The van der Waals surface area contributed by atoms with Crippen molar-refractivity contribution in [1.82, 2.24) is 0 Å². The van der Waals surface area contributed by atoms with Gasteiger partial charge >= 0.3 is 0 Å². The van der Waals surface area contributed by atoms with Gasteiger partial charge in [-0.3, -0.25) is 0 Å². The first-order chi connectivity index (χ1) is 3.27. The van der Waals surface area contributed by atoms with Crippen molar-refractivity contribution in [2.75, 3.05) is 6.61 Å². The SMILES string of the molecule is C=CCO[C](C)C. The van der Waals surface area contributed by atoms with Gasteiger partial charge in [0.25, 0.3) is 0 Å². The zero-order valence-corrected chi connectivity index (χ0v) is 4.90. The maximum absolute atomic E-state index is 4.99. The molecular formula is C6H11O. The van der Waals surface area contributed by atoms with E-state index >= 15 is 0 Å². The van der Waals surface area contributed by atoms with Crippen molar-refractivity contribution in [2.45, 2.75) is 13.8 Å². The lowest BCUT2D eigenvalue weighted by Crippen LogP contribution is -1.91. The van der Waals surface area contributed by atoms with Gasteiger partial charge in [-0.15, -0.1) is 6.58 Å². The molecule has 1 nitrogen and oxygen atoms in total. The molecule has 0 aliphatic rings. The minimum atomic E-state index is 0.627. The molecule has 1 radical (unpaired) electrons. The standard InChI is InChI=1S/C6H11O/c1-4-5-7-6(2)3/h4H,1,5H2,2-3H3. The number of hydrogen-bond donors (Lipinski definition) is 0. The van der Waals surface area contributed by atoms with Crippen LogP contribution in [0.25, 0.3) is 0 Å². The van der Waals surface area contributed by atoms with Gasteiger partial charge in [0.05, 0.1) is 12.7 Å². The van der Waals surface area contributed by atoms with Crippen molar-refractivity contribution in [1.29, 1.82) is 0 Å². The van der Waals surface area contributed by atoms with E-state index in [-0.39, 0.29) is 0 Å². The molecule has 0 aromatic rings. The van der Waals surface area contributed by atoms with Gasteiger partial charge in [0.15, 0.2) is 0 Å². The molecule has 0 bridgehead atoms. The average molecular weight is 99.2 g/mol. The predicted octanol–water partition coefficient (Wildman–Crippen LogP) is 1.76. The summed E-state index contributed by atoms with van der Waals surface area (Å²) in [5.41, 5.74) is 0. The largest absolute Gasteiger partial charge is 0.369 e. The summed E-state index contributed by atoms with van der Waals surface area (Å²) in [4.78, 5) is 0.